The van der Waals surface area contributed by atoms with Crippen LogP contribution in [0.15, 0.2) is 66.9 Å². The van der Waals surface area contributed by atoms with E-state index in [0.29, 0.717) is 24.5 Å². The van der Waals surface area contributed by atoms with Gasteiger partial charge in [-0.05, 0) is 61.0 Å². The molecule has 0 unspecified atom stereocenters. The van der Waals surface area contributed by atoms with Gasteiger partial charge in [-0.25, -0.2) is 4.98 Å². The Morgan fingerprint density at radius 3 is 2.26 bits per heavy atom. The average molecular weight is 363 g/mol. The molecule has 0 bridgehead atoms. The van der Waals surface area contributed by atoms with Gasteiger partial charge in [0, 0.05) is 12.7 Å². The van der Waals surface area contributed by atoms with Crippen LogP contribution < -0.4 is 20.5 Å². The van der Waals surface area contributed by atoms with Gasteiger partial charge in [-0.3, -0.25) is 4.79 Å². The number of ether oxygens (including phenoxy) is 2. The van der Waals surface area contributed by atoms with E-state index in [1.165, 1.54) is 0 Å². The van der Waals surface area contributed by atoms with E-state index in [1.807, 2.05) is 55.5 Å². The van der Waals surface area contributed by atoms with E-state index in [4.69, 9.17) is 15.2 Å². The maximum absolute atomic E-state index is 12.2. The first-order chi connectivity index (χ1) is 13.2. The molecule has 6 nitrogen and oxygen atoms in total. The molecule has 1 amide bonds. The van der Waals surface area contributed by atoms with Crippen molar-refractivity contribution in [3.05, 3.63) is 78.0 Å². The number of nitrogen functional groups attached to an aromatic ring is 1. The number of nitrogens with one attached hydrogen (secondary N) is 1. The third kappa shape index (κ3) is 4.98. The summed E-state index contributed by atoms with van der Waals surface area (Å²) < 4.78 is 11.2. The van der Waals surface area contributed by atoms with Crippen molar-refractivity contribution in [2.45, 2.75) is 13.5 Å². The maximum Gasteiger partial charge on any atom is 0.255 e. The Morgan fingerprint density at radius 1 is 1.00 bits per heavy atom. The van der Waals surface area contributed by atoms with Gasteiger partial charge >= 0.3 is 0 Å². The fourth-order valence-electron chi connectivity index (χ4n) is 2.47. The average Bonchev–Trinajstić information content (AvgIpc) is 2.69. The zero-order valence-electron chi connectivity index (χ0n) is 15.0. The summed E-state index contributed by atoms with van der Waals surface area (Å²) in [5.41, 5.74) is 7.03. The summed E-state index contributed by atoms with van der Waals surface area (Å²) >= 11 is 0. The minimum absolute atomic E-state index is 0.217. The van der Waals surface area contributed by atoms with Crippen molar-refractivity contribution < 1.29 is 14.3 Å². The SMILES string of the molecule is CCOc1ccc(Oc2ccc(CNC(=O)c3cccnc3N)cc2)cc1. The van der Waals surface area contributed by atoms with Crippen molar-refractivity contribution in [2.75, 3.05) is 12.3 Å². The Balaban J connectivity index is 1.55. The molecule has 3 N–H and O–H groups in total. The van der Waals surface area contributed by atoms with Crippen molar-refractivity contribution in [3.8, 4) is 17.2 Å². The molecule has 0 atom stereocenters. The van der Waals surface area contributed by atoms with Gasteiger partial charge in [0.05, 0.1) is 12.2 Å². The lowest BCUT2D eigenvalue weighted by atomic mass is 10.2. The highest BCUT2D eigenvalue weighted by Crippen LogP contribution is 2.24. The molecular formula is C21H21N3O3. The van der Waals surface area contributed by atoms with E-state index in [1.54, 1.807) is 18.3 Å². The van der Waals surface area contributed by atoms with E-state index >= 15 is 0 Å². The van der Waals surface area contributed by atoms with E-state index in [9.17, 15) is 4.79 Å². The van der Waals surface area contributed by atoms with Gasteiger partial charge in [-0.15, -0.1) is 0 Å². The number of benzene rings is 2. The second-order valence-electron chi connectivity index (χ2n) is 5.77. The van der Waals surface area contributed by atoms with Crippen LogP contribution >= 0.6 is 0 Å². The summed E-state index contributed by atoms with van der Waals surface area (Å²) in [4.78, 5) is 16.1. The van der Waals surface area contributed by atoms with Crippen molar-refractivity contribution >= 4 is 11.7 Å². The topological polar surface area (TPSA) is 86.5 Å². The number of carbonyl (C=O) groups is 1. The molecule has 0 radical (unpaired) electrons. The molecule has 6 heteroatoms. The van der Waals surface area contributed by atoms with Crippen LogP contribution in [0.5, 0.6) is 17.2 Å². The zero-order valence-corrected chi connectivity index (χ0v) is 15.0. The number of carbonyl (C=O) groups excluding carboxylic acids is 1. The minimum Gasteiger partial charge on any atom is -0.494 e. The van der Waals surface area contributed by atoms with E-state index in [-0.39, 0.29) is 11.7 Å². The summed E-state index contributed by atoms with van der Waals surface area (Å²) in [6.45, 7) is 2.96. The van der Waals surface area contributed by atoms with Gasteiger partial charge < -0.3 is 20.5 Å². The van der Waals surface area contributed by atoms with Crippen LogP contribution in [0.1, 0.15) is 22.8 Å². The monoisotopic (exact) mass is 363 g/mol. The molecule has 3 rings (SSSR count). The number of nitrogens with zero attached hydrogens (tertiary/aromatic N) is 1. The van der Waals surface area contributed by atoms with Crippen LogP contribution in [0.2, 0.25) is 0 Å². The molecule has 0 spiro atoms. The van der Waals surface area contributed by atoms with Crippen LogP contribution in [0.4, 0.5) is 5.82 Å². The van der Waals surface area contributed by atoms with Crippen LogP contribution in [-0.2, 0) is 6.54 Å². The van der Waals surface area contributed by atoms with Crippen molar-refractivity contribution in [1.82, 2.24) is 10.3 Å². The van der Waals surface area contributed by atoms with Gasteiger partial charge in [0.15, 0.2) is 0 Å². The van der Waals surface area contributed by atoms with Gasteiger partial charge in [0.2, 0.25) is 0 Å². The van der Waals surface area contributed by atoms with Gasteiger partial charge in [-0.2, -0.15) is 0 Å². The molecule has 1 heterocycles. The number of rotatable bonds is 7. The second-order valence-corrected chi connectivity index (χ2v) is 5.77. The Bertz CT molecular complexity index is 893. The van der Waals surface area contributed by atoms with Crippen LogP contribution in [0, 0.1) is 0 Å². The molecule has 0 saturated carbocycles. The third-order valence-electron chi connectivity index (χ3n) is 3.83. The first kappa shape index (κ1) is 18.3. The summed E-state index contributed by atoms with van der Waals surface area (Å²) in [6, 6.07) is 18.3. The Labute approximate surface area is 158 Å². The molecule has 1 aromatic heterocycles. The smallest absolute Gasteiger partial charge is 0.255 e. The molecule has 0 saturated heterocycles. The number of nitrogens with two attached hydrogens (primary N) is 1. The van der Waals surface area contributed by atoms with E-state index in [2.05, 4.69) is 10.3 Å². The zero-order chi connectivity index (χ0) is 19.1. The van der Waals surface area contributed by atoms with Crippen molar-refractivity contribution in [3.63, 3.8) is 0 Å². The predicted molar refractivity (Wildman–Crippen MR) is 104 cm³/mol. The lowest BCUT2D eigenvalue weighted by molar-refractivity contribution is 0.0951. The number of hydrogen-bond donors (Lipinski definition) is 2. The normalized spacial score (nSPS) is 10.3. The van der Waals surface area contributed by atoms with Gasteiger partial charge in [0.1, 0.15) is 23.1 Å². The number of pyridine rings is 1. The fraction of sp³-hybridized carbons (Fsp3) is 0.143. The van der Waals surface area contributed by atoms with E-state index in [0.717, 1.165) is 17.1 Å². The summed E-state index contributed by atoms with van der Waals surface area (Å²) in [7, 11) is 0. The summed E-state index contributed by atoms with van der Waals surface area (Å²) in [5.74, 6) is 2.21. The van der Waals surface area contributed by atoms with Crippen LogP contribution in [0.25, 0.3) is 0 Å². The molecule has 0 aliphatic rings. The highest BCUT2D eigenvalue weighted by molar-refractivity contribution is 5.98. The van der Waals surface area contributed by atoms with Crippen LogP contribution in [-0.4, -0.2) is 17.5 Å². The first-order valence-corrected chi connectivity index (χ1v) is 8.64. The molecule has 3 aromatic rings. The minimum atomic E-state index is -0.254. The number of aromatic nitrogens is 1. The number of hydrogen-bond acceptors (Lipinski definition) is 5. The lowest BCUT2D eigenvalue weighted by Crippen LogP contribution is -2.24. The molecule has 0 aliphatic heterocycles. The third-order valence-corrected chi connectivity index (χ3v) is 3.83. The molecular weight excluding hydrogens is 342 g/mol. The standard InChI is InChI=1S/C21H21N3O3/c1-2-26-16-9-11-18(12-10-16)27-17-7-5-15(6-8-17)14-24-21(25)19-4-3-13-23-20(19)22/h3-13H,2,14H2,1H3,(H2,22,23)(H,24,25). The number of amides is 1. The second kappa shape index (κ2) is 8.71. The highest BCUT2D eigenvalue weighted by atomic mass is 16.5. The van der Waals surface area contributed by atoms with Crippen LogP contribution in [0.3, 0.4) is 0 Å². The largest absolute Gasteiger partial charge is 0.494 e. The summed E-state index contributed by atoms with van der Waals surface area (Å²) in [5, 5.41) is 2.83. The quantitative estimate of drug-likeness (QED) is 0.667. The summed E-state index contributed by atoms with van der Waals surface area (Å²) in [6.07, 6.45) is 1.55. The Kier molecular flexibility index (Phi) is 5.89. The molecule has 0 fully saturated rings. The van der Waals surface area contributed by atoms with Crippen molar-refractivity contribution in [2.24, 2.45) is 0 Å². The fourth-order valence-corrected chi connectivity index (χ4v) is 2.47. The Morgan fingerprint density at radius 2 is 1.63 bits per heavy atom. The molecule has 2 aromatic carbocycles. The molecule has 0 aliphatic carbocycles. The molecule has 138 valence electrons. The first-order valence-electron chi connectivity index (χ1n) is 8.64. The van der Waals surface area contributed by atoms with Gasteiger partial charge in [0.25, 0.3) is 5.91 Å². The Hall–Kier alpha value is -3.54. The van der Waals surface area contributed by atoms with Gasteiger partial charge in [-0.1, -0.05) is 12.1 Å². The van der Waals surface area contributed by atoms with Crippen molar-refractivity contribution in [1.29, 1.82) is 0 Å². The lowest BCUT2D eigenvalue weighted by Gasteiger charge is -2.09. The number of anilines is 1. The predicted octanol–water partition coefficient (Wildman–Crippen LogP) is 3.78. The van der Waals surface area contributed by atoms with E-state index < -0.39 is 0 Å². The molecule has 27 heavy (non-hydrogen) atoms. The maximum atomic E-state index is 12.2. The highest BCUT2D eigenvalue weighted by Gasteiger charge is 2.09.